The van der Waals surface area contributed by atoms with Crippen molar-refractivity contribution in [3.63, 3.8) is 0 Å². The van der Waals surface area contributed by atoms with Crippen molar-refractivity contribution in [1.82, 2.24) is 24.8 Å². The highest BCUT2D eigenvalue weighted by atomic mass is 16.5. The van der Waals surface area contributed by atoms with Crippen LogP contribution in [0.5, 0.6) is 0 Å². The van der Waals surface area contributed by atoms with Gasteiger partial charge in [0.15, 0.2) is 11.5 Å². The smallest absolute Gasteiger partial charge is 0.289 e. The van der Waals surface area contributed by atoms with Crippen LogP contribution in [0.25, 0.3) is 0 Å². The number of piperazine rings is 1. The summed E-state index contributed by atoms with van der Waals surface area (Å²) in [4.78, 5) is 28.8. The maximum absolute atomic E-state index is 13.0. The fourth-order valence-corrected chi connectivity index (χ4v) is 3.87. The SMILES string of the molecule is O=C(c1ccco1)N1CCN(C(=O)c2nnn3c2CO[C@H](c2ccccc2)C3)CC1. The van der Waals surface area contributed by atoms with Crippen molar-refractivity contribution in [1.29, 1.82) is 0 Å². The summed E-state index contributed by atoms with van der Waals surface area (Å²) in [5.41, 5.74) is 2.09. The second-order valence-electron chi connectivity index (χ2n) is 7.34. The van der Waals surface area contributed by atoms with E-state index in [0.717, 1.165) is 5.56 Å². The number of amides is 2. The maximum Gasteiger partial charge on any atom is 0.289 e. The molecule has 9 heteroatoms. The van der Waals surface area contributed by atoms with Crippen LogP contribution in [0.15, 0.2) is 53.1 Å². The van der Waals surface area contributed by atoms with Gasteiger partial charge in [0.2, 0.25) is 0 Å². The number of carbonyl (C=O) groups is 2. The lowest BCUT2D eigenvalue weighted by Crippen LogP contribution is -2.50. The Bertz CT molecular complexity index is 1040. The Morgan fingerprint density at radius 1 is 0.933 bits per heavy atom. The Kier molecular flexibility index (Phi) is 4.80. The van der Waals surface area contributed by atoms with E-state index in [9.17, 15) is 9.59 Å². The molecule has 3 aromatic rings. The number of carbonyl (C=O) groups excluding carboxylic acids is 2. The third kappa shape index (κ3) is 3.37. The van der Waals surface area contributed by atoms with Gasteiger partial charge in [-0.15, -0.1) is 5.10 Å². The van der Waals surface area contributed by atoms with Crippen molar-refractivity contribution in [2.75, 3.05) is 26.2 Å². The summed E-state index contributed by atoms with van der Waals surface area (Å²) in [5, 5.41) is 8.33. The van der Waals surface area contributed by atoms with Crippen molar-refractivity contribution >= 4 is 11.8 Å². The molecule has 0 spiro atoms. The number of rotatable bonds is 3. The van der Waals surface area contributed by atoms with E-state index in [2.05, 4.69) is 10.3 Å². The number of fused-ring (bicyclic) bond motifs is 1. The summed E-state index contributed by atoms with van der Waals surface area (Å²) >= 11 is 0. The Balaban J connectivity index is 1.24. The fraction of sp³-hybridized carbons (Fsp3) is 0.333. The zero-order valence-corrected chi connectivity index (χ0v) is 16.3. The average molecular weight is 407 g/mol. The molecule has 0 unspecified atom stereocenters. The zero-order chi connectivity index (χ0) is 20.5. The van der Waals surface area contributed by atoms with Gasteiger partial charge in [0.1, 0.15) is 6.10 Å². The molecule has 1 atom stereocenters. The zero-order valence-electron chi connectivity index (χ0n) is 16.3. The van der Waals surface area contributed by atoms with Crippen LogP contribution in [-0.4, -0.2) is 62.8 Å². The molecule has 1 saturated heterocycles. The summed E-state index contributed by atoms with van der Waals surface area (Å²) < 4.78 is 12.9. The predicted octanol–water partition coefficient (Wildman–Crippen LogP) is 1.74. The first-order valence-corrected chi connectivity index (χ1v) is 9.91. The van der Waals surface area contributed by atoms with E-state index in [4.69, 9.17) is 9.15 Å². The number of hydrogen-bond acceptors (Lipinski definition) is 6. The molecule has 0 bridgehead atoms. The van der Waals surface area contributed by atoms with Crippen LogP contribution in [0.1, 0.15) is 38.4 Å². The van der Waals surface area contributed by atoms with E-state index in [1.807, 2.05) is 30.3 Å². The predicted molar refractivity (Wildman–Crippen MR) is 105 cm³/mol. The van der Waals surface area contributed by atoms with E-state index < -0.39 is 0 Å². The molecule has 4 heterocycles. The lowest BCUT2D eigenvalue weighted by molar-refractivity contribution is -0.00203. The summed E-state index contributed by atoms with van der Waals surface area (Å²) in [6.07, 6.45) is 1.37. The molecule has 1 aromatic carbocycles. The highest BCUT2D eigenvalue weighted by molar-refractivity contribution is 5.94. The molecular weight excluding hydrogens is 386 g/mol. The molecule has 0 N–H and O–H groups in total. The van der Waals surface area contributed by atoms with Gasteiger partial charge < -0.3 is 19.0 Å². The second-order valence-corrected chi connectivity index (χ2v) is 7.34. The lowest BCUT2D eigenvalue weighted by Gasteiger charge is -2.34. The Morgan fingerprint density at radius 2 is 1.67 bits per heavy atom. The molecule has 9 nitrogen and oxygen atoms in total. The van der Waals surface area contributed by atoms with Crippen LogP contribution >= 0.6 is 0 Å². The van der Waals surface area contributed by atoms with E-state index in [1.54, 1.807) is 26.6 Å². The molecule has 2 amide bonds. The van der Waals surface area contributed by atoms with Crippen molar-refractivity contribution in [3.8, 4) is 0 Å². The summed E-state index contributed by atoms with van der Waals surface area (Å²) in [6.45, 7) is 2.56. The molecule has 5 rings (SSSR count). The lowest BCUT2D eigenvalue weighted by atomic mass is 10.1. The standard InChI is InChI=1S/C21H21N5O4/c27-20(17-7-4-12-29-17)24-8-10-25(11-9-24)21(28)19-16-14-30-18(13-26(16)23-22-19)15-5-2-1-3-6-15/h1-7,12,18H,8-11,13-14H2/t18-/m0/s1. The maximum atomic E-state index is 13.0. The van der Waals surface area contributed by atoms with E-state index in [1.165, 1.54) is 6.26 Å². The number of ether oxygens (including phenoxy) is 1. The number of nitrogens with zero attached hydrogens (tertiary/aromatic N) is 5. The molecule has 0 aliphatic carbocycles. The van der Waals surface area contributed by atoms with Crippen LogP contribution in [0.2, 0.25) is 0 Å². The minimum Gasteiger partial charge on any atom is -0.459 e. The van der Waals surface area contributed by atoms with Crippen LogP contribution in [-0.2, 0) is 17.9 Å². The minimum atomic E-state index is -0.178. The van der Waals surface area contributed by atoms with Gasteiger partial charge in [0.25, 0.3) is 11.8 Å². The quantitative estimate of drug-likeness (QED) is 0.657. The van der Waals surface area contributed by atoms with E-state index in [0.29, 0.717) is 49.9 Å². The largest absolute Gasteiger partial charge is 0.459 e. The normalized spacial score (nSPS) is 18.9. The molecule has 2 aliphatic heterocycles. The fourth-order valence-electron chi connectivity index (χ4n) is 3.87. The molecule has 154 valence electrons. The van der Waals surface area contributed by atoms with Crippen molar-refractivity contribution in [2.24, 2.45) is 0 Å². The number of aromatic nitrogens is 3. The Hall–Kier alpha value is -3.46. The Morgan fingerprint density at radius 3 is 2.37 bits per heavy atom. The summed E-state index contributed by atoms with van der Waals surface area (Å²) in [7, 11) is 0. The van der Waals surface area contributed by atoms with E-state index >= 15 is 0 Å². The third-order valence-corrected chi connectivity index (χ3v) is 5.56. The number of hydrogen-bond donors (Lipinski definition) is 0. The van der Waals surface area contributed by atoms with Crippen molar-refractivity contribution < 1.29 is 18.7 Å². The summed E-state index contributed by atoms with van der Waals surface area (Å²) in [6, 6.07) is 13.3. The monoisotopic (exact) mass is 407 g/mol. The van der Waals surface area contributed by atoms with Gasteiger partial charge in [-0.25, -0.2) is 4.68 Å². The molecule has 0 saturated carbocycles. The van der Waals surface area contributed by atoms with Gasteiger partial charge in [-0.3, -0.25) is 9.59 Å². The molecule has 2 aliphatic rings. The second kappa shape index (κ2) is 7.75. The van der Waals surface area contributed by atoms with Gasteiger partial charge in [0.05, 0.1) is 25.1 Å². The van der Waals surface area contributed by atoms with Crippen molar-refractivity contribution in [2.45, 2.75) is 19.3 Å². The molecule has 30 heavy (non-hydrogen) atoms. The topological polar surface area (TPSA) is 93.7 Å². The molecular formula is C21H21N5O4. The molecule has 2 aromatic heterocycles. The van der Waals surface area contributed by atoms with Gasteiger partial charge in [-0.1, -0.05) is 35.5 Å². The van der Waals surface area contributed by atoms with Crippen LogP contribution < -0.4 is 0 Å². The summed E-state index contributed by atoms with van der Waals surface area (Å²) in [5.74, 6) is -0.0242. The Labute approximate surface area is 172 Å². The molecule has 0 radical (unpaired) electrons. The number of furan rings is 1. The van der Waals surface area contributed by atoms with E-state index in [-0.39, 0.29) is 24.5 Å². The highest BCUT2D eigenvalue weighted by Crippen LogP contribution is 2.27. The van der Waals surface area contributed by atoms with Crippen LogP contribution in [0.4, 0.5) is 0 Å². The average Bonchev–Trinajstić information content (AvgIpc) is 3.49. The van der Waals surface area contributed by atoms with Gasteiger partial charge in [0, 0.05) is 26.2 Å². The van der Waals surface area contributed by atoms with Crippen LogP contribution in [0.3, 0.4) is 0 Å². The first-order valence-electron chi connectivity index (χ1n) is 9.91. The first-order chi connectivity index (χ1) is 14.7. The van der Waals surface area contributed by atoms with Gasteiger partial charge >= 0.3 is 0 Å². The first kappa shape index (κ1) is 18.6. The van der Waals surface area contributed by atoms with Crippen LogP contribution in [0, 0.1) is 0 Å². The van der Waals surface area contributed by atoms with Gasteiger partial charge in [-0.05, 0) is 17.7 Å². The minimum absolute atomic E-state index is 0.112. The molecule has 1 fully saturated rings. The number of benzene rings is 1. The van der Waals surface area contributed by atoms with Crippen molar-refractivity contribution in [3.05, 3.63) is 71.4 Å². The highest BCUT2D eigenvalue weighted by Gasteiger charge is 2.32. The van der Waals surface area contributed by atoms with Gasteiger partial charge in [-0.2, -0.15) is 0 Å². The third-order valence-electron chi connectivity index (χ3n) is 5.56.